The molecular weight excluding hydrogens is 320 g/mol. The van der Waals surface area contributed by atoms with Crippen molar-refractivity contribution >= 4 is 11.8 Å². The molecule has 25 heavy (non-hydrogen) atoms. The first kappa shape index (κ1) is 20.1. The standard InChI is InChI=1S/C18H34N4O3/c1-11(2)13-5-3-12(4-6-13)10-25-16-8-14(17(23)21-19)7-15(9-16)18(24)22-20/h11-16H,3-10,19-20H2,1-2H3,(H,21,23)(H,22,24). The van der Waals surface area contributed by atoms with Crippen LogP contribution in [-0.4, -0.2) is 24.5 Å². The number of hydrogen-bond donors (Lipinski definition) is 4. The highest BCUT2D eigenvalue weighted by atomic mass is 16.5. The maximum atomic E-state index is 11.9. The smallest absolute Gasteiger partial charge is 0.237 e. The number of nitrogens with one attached hydrogen (secondary N) is 2. The summed E-state index contributed by atoms with van der Waals surface area (Å²) in [5, 5.41) is 0. The summed E-state index contributed by atoms with van der Waals surface area (Å²) >= 11 is 0. The predicted molar refractivity (Wildman–Crippen MR) is 95.5 cm³/mol. The van der Waals surface area contributed by atoms with E-state index in [0.717, 1.165) is 11.8 Å². The fraction of sp³-hybridized carbons (Fsp3) is 0.889. The average molecular weight is 354 g/mol. The van der Waals surface area contributed by atoms with Crippen LogP contribution in [0.3, 0.4) is 0 Å². The van der Waals surface area contributed by atoms with Gasteiger partial charge in [-0.1, -0.05) is 13.8 Å². The van der Waals surface area contributed by atoms with E-state index in [9.17, 15) is 9.59 Å². The zero-order valence-electron chi connectivity index (χ0n) is 15.5. The van der Waals surface area contributed by atoms with Gasteiger partial charge in [0.15, 0.2) is 0 Å². The second-order valence-electron chi connectivity index (χ2n) is 8.10. The highest BCUT2D eigenvalue weighted by Gasteiger charge is 2.36. The fourth-order valence-corrected chi connectivity index (χ4v) is 4.36. The van der Waals surface area contributed by atoms with E-state index in [1.165, 1.54) is 25.7 Å². The Balaban J connectivity index is 1.85. The summed E-state index contributed by atoms with van der Waals surface area (Å²) in [6.45, 7) is 5.31. The highest BCUT2D eigenvalue weighted by molar-refractivity contribution is 5.82. The second kappa shape index (κ2) is 9.50. The number of nitrogens with two attached hydrogens (primary N) is 2. The maximum absolute atomic E-state index is 11.9. The Morgan fingerprint density at radius 3 is 1.92 bits per heavy atom. The van der Waals surface area contributed by atoms with E-state index in [2.05, 4.69) is 24.7 Å². The Morgan fingerprint density at radius 2 is 1.48 bits per heavy atom. The second-order valence-corrected chi connectivity index (χ2v) is 8.10. The third kappa shape index (κ3) is 5.66. The molecule has 2 saturated carbocycles. The molecule has 7 heteroatoms. The molecule has 2 aliphatic carbocycles. The number of rotatable bonds is 6. The molecule has 0 radical (unpaired) electrons. The van der Waals surface area contributed by atoms with Crippen LogP contribution in [-0.2, 0) is 14.3 Å². The topological polar surface area (TPSA) is 119 Å². The quantitative estimate of drug-likeness (QED) is 0.325. The van der Waals surface area contributed by atoms with Gasteiger partial charge in [0, 0.05) is 18.4 Å². The number of ether oxygens (including phenoxy) is 1. The largest absolute Gasteiger partial charge is 0.378 e. The number of hydrogen-bond acceptors (Lipinski definition) is 5. The molecule has 2 atom stereocenters. The zero-order chi connectivity index (χ0) is 18.4. The summed E-state index contributed by atoms with van der Waals surface area (Å²) in [6.07, 6.45) is 6.54. The van der Waals surface area contributed by atoms with E-state index in [1.807, 2.05) is 0 Å². The molecule has 0 aromatic rings. The predicted octanol–water partition coefficient (Wildman–Crippen LogP) is 1.23. The molecule has 2 amide bonds. The van der Waals surface area contributed by atoms with Crippen molar-refractivity contribution in [2.45, 2.75) is 64.9 Å². The Kier molecular flexibility index (Phi) is 7.65. The van der Waals surface area contributed by atoms with Crippen molar-refractivity contribution in [2.75, 3.05) is 6.61 Å². The van der Waals surface area contributed by atoms with Gasteiger partial charge in [-0.25, -0.2) is 11.7 Å². The fourth-order valence-electron chi connectivity index (χ4n) is 4.36. The van der Waals surface area contributed by atoms with Crippen LogP contribution in [0, 0.1) is 29.6 Å². The molecule has 144 valence electrons. The Morgan fingerprint density at radius 1 is 0.960 bits per heavy atom. The minimum atomic E-state index is -0.303. The van der Waals surface area contributed by atoms with Crippen LogP contribution in [0.15, 0.2) is 0 Å². The molecule has 0 heterocycles. The number of amides is 2. The van der Waals surface area contributed by atoms with Crippen LogP contribution < -0.4 is 22.5 Å². The van der Waals surface area contributed by atoms with Gasteiger partial charge >= 0.3 is 0 Å². The third-order valence-electron chi connectivity index (χ3n) is 6.09. The number of carbonyl (C=O) groups is 2. The summed E-state index contributed by atoms with van der Waals surface area (Å²) in [6, 6.07) is 0. The van der Waals surface area contributed by atoms with Crippen LogP contribution in [0.4, 0.5) is 0 Å². The summed E-state index contributed by atoms with van der Waals surface area (Å²) in [5.74, 6) is 11.6. The van der Waals surface area contributed by atoms with Gasteiger partial charge in [-0.15, -0.1) is 0 Å². The molecule has 6 N–H and O–H groups in total. The molecule has 0 aliphatic heterocycles. The molecular formula is C18H34N4O3. The van der Waals surface area contributed by atoms with Gasteiger partial charge < -0.3 is 4.74 Å². The average Bonchev–Trinajstić information content (AvgIpc) is 2.65. The Bertz CT molecular complexity index is 426. The molecule has 2 rings (SSSR count). The van der Waals surface area contributed by atoms with Gasteiger partial charge in [0.1, 0.15) is 0 Å². The lowest BCUT2D eigenvalue weighted by molar-refractivity contribution is -0.135. The zero-order valence-corrected chi connectivity index (χ0v) is 15.5. The Hall–Kier alpha value is -1.18. The summed E-state index contributed by atoms with van der Waals surface area (Å²) in [4.78, 5) is 23.8. The van der Waals surface area contributed by atoms with Gasteiger partial charge in [-0.05, 0) is 62.7 Å². The lowest BCUT2D eigenvalue weighted by Crippen LogP contribution is -2.46. The van der Waals surface area contributed by atoms with Crippen molar-refractivity contribution < 1.29 is 14.3 Å². The van der Waals surface area contributed by atoms with Gasteiger partial charge in [-0.2, -0.15) is 0 Å². The summed E-state index contributed by atoms with van der Waals surface area (Å²) in [7, 11) is 0. The third-order valence-corrected chi connectivity index (χ3v) is 6.09. The van der Waals surface area contributed by atoms with Crippen molar-refractivity contribution in [2.24, 2.45) is 41.3 Å². The summed E-state index contributed by atoms with van der Waals surface area (Å²) in [5.41, 5.74) is 4.39. The van der Waals surface area contributed by atoms with Crippen LogP contribution in [0.5, 0.6) is 0 Å². The van der Waals surface area contributed by atoms with Crippen molar-refractivity contribution in [3.05, 3.63) is 0 Å². The first-order valence-electron chi connectivity index (χ1n) is 9.57. The number of hydrazine groups is 2. The van der Waals surface area contributed by atoms with E-state index in [4.69, 9.17) is 16.4 Å². The molecule has 0 aromatic carbocycles. The van der Waals surface area contributed by atoms with E-state index in [1.54, 1.807) is 0 Å². The van der Waals surface area contributed by atoms with Crippen molar-refractivity contribution in [3.8, 4) is 0 Å². The Labute approximate surface area is 150 Å². The van der Waals surface area contributed by atoms with E-state index < -0.39 is 0 Å². The first-order valence-corrected chi connectivity index (χ1v) is 9.57. The van der Waals surface area contributed by atoms with Crippen molar-refractivity contribution in [3.63, 3.8) is 0 Å². The maximum Gasteiger partial charge on any atom is 0.237 e. The monoisotopic (exact) mass is 354 g/mol. The highest BCUT2D eigenvalue weighted by Crippen LogP contribution is 2.35. The van der Waals surface area contributed by atoms with Crippen molar-refractivity contribution in [1.29, 1.82) is 0 Å². The van der Waals surface area contributed by atoms with E-state index >= 15 is 0 Å². The minimum Gasteiger partial charge on any atom is -0.378 e. The lowest BCUT2D eigenvalue weighted by atomic mass is 9.77. The molecule has 0 spiro atoms. The molecule has 0 bridgehead atoms. The molecule has 2 fully saturated rings. The van der Waals surface area contributed by atoms with Gasteiger partial charge in [0.05, 0.1) is 6.10 Å². The van der Waals surface area contributed by atoms with Gasteiger partial charge in [-0.3, -0.25) is 20.4 Å². The van der Waals surface area contributed by atoms with Gasteiger partial charge in [0.25, 0.3) is 0 Å². The normalized spacial score (nSPS) is 33.1. The molecule has 0 saturated heterocycles. The summed E-state index contributed by atoms with van der Waals surface area (Å²) < 4.78 is 6.13. The lowest BCUT2D eigenvalue weighted by Gasteiger charge is -2.35. The van der Waals surface area contributed by atoms with Crippen LogP contribution >= 0.6 is 0 Å². The SMILES string of the molecule is CC(C)C1CCC(COC2CC(C(=O)NN)CC(C(=O)NN)C2)CC1. The molecule has 2 unspecified atom stereocenters. The van der Waals surface area contributed by atoms with Crippen LogP contribution in [0.25, 0.3) is 0 Å². The molecule has 7 nitrogen and oxygen atoms in total. The molecule has 2 aliphatic rings. The number of carbonyl (C=O) groups excluding carboxylic acids is 2. The minimum absolute atomic E-state index is 0.0961. The van der Waals surface area contributed by atoms with Crippen molar-refractivity contribution in [1.82, 2.24) is 10.9 Å². The van der Waals surface area contributed by atoms with E-state index in [0.29, 0.717) is 31.8 Å². The van der Waals surface area contributed by atoms with Crippen LogP contribution in [0.2, 0.25) is 0 Å². The van der Waals surface area contributed by atoms with Gasteiger partial charge in [0.2, 0.25) is 11.8 Å². The molecule has 0 aromatic heterocycles. The first-order chi connectivity index (χ1) is 11.9. The van der Waals surface area contributed by atoms with Crippen LogP contribution in [0.1, 0.15) is 58.8 Å². The van der Waals surface area contributed by atoms with E-state index in [-0.39, 0.29) is 29.8 Å².